The van der Waals surface area contributed by atoms with E-state index in [1.807, 2.05) is 57.4 Å². The quantitative estimate of drug-likeness (QED) is 0.0960. The van der Waals surface area contributed by atoms with Gasteiger partial charge in [0.15, 0.2) is 11.4 Å². The fourth-order valence-corrected chi connectivity index (χ4v) is 13.0. The first-order valence-electron chi connectivity index (χ1n) is 22.7. The Bertz CT molecular complexity index is 3570. The molecule has 4 aromatic heterocycles. The van der Waals surface area contributed by atoms with Crippen LogP contribution in [-0.2, 0) is 34.0 Å². The smallest absolute Gasteiger partial charge is 0.297 e. The largest absolute Gasteiger partial charge is 0.396 e. The molecule has 0 bridgehead atoms. The second kappa shape index (κ2) is 21.4. The Morgan fingerprint density at radius 2 is 1.15 bits per heavy atom. The summed E-state index contributed by atoms with van der Waals surface area (Å²) in [6.07, 6.45) is 17.1. The maximum absolute atomic E-state index is 12.1. The zero-order valence-electron chi connectivity index (χ0n) is 39.8. The summed E-state index contributed by atoms with van der Waals surface area (Å²) in [4.78, 5) is 18.8. The highest BCUT2D eigenvalue weighted by atomic mass is 35.5. The summed E-state index contributed by atoms with van der Waals surface area (Å²) in [6, 6.07) is 14.4. The lowest BCUT2D eigenvalue weighted by atomic mass is 9.94. The number of hydrogen-bond donors (Lipinski definition) is 3. The van der Waals surface area contributed by atoms with Gasteiger partial charge in [-0.1, -0.05) is 40.9 Å². The second-order valence-electron chi connectivity index (χ2n) is 18.2. The van der Waals surface area contributed by atoms with Gasteiger partial charge in [0.2, 0.25) is 0 Å². The minimum atomic E-state index is -3.78. The summed E-state index contributed by atoms with van der Waals surface area (Å²) in [5.41, 5.74) is 21.9. The van der Waals surface area contributed by atoms with Gasteiger partial charge in [0.25, 0.3) is 10.1 Å². The highest BCUT2D eigenvalue weighted by Crippen LogP contribution is 2.43. The molecule has 4 heterocycles. The van der Waals surface area contributed by atoms with Crippen LogP contribution in [0.3, 0.4) is 0 Å². The van der Waals surface area contributed by atoms with E-state index in [1.165, 1.54) is 37.0 Å². The molecule has 2 saturated carbocycles. The highest BCUT2D eigenvalue weighted by molar-refractivity contribution is 7.91. The van der Waals surface area contributed by atoms with Gasteiger partial charge in [-0.25, -0.2) is 26.5 Å². The van der Waals surface area contributed by atoms with Gasteiger partial charge in [-0.3, -0.25) is 14.2 Å². The van der Waals surface area contributed by atoms with Crippen LogP contribution in [0.2, 0.25) is 10.0 Å². The topological polar surface area (TPSA) is 219 Å². The minimum absolute atomic E-state index is 0.137. The normalized spacial score (nSPS) is 18.4. The number of nitrogens with zero attached hydrogens (tertiary/aromatic N) is 5. The van der Waals surface area contributed by atoms with Crippen LogP contribution in [0.25, 0.3) is 53.7 Å². The summed E-state index contributed by atoms with van der Waals surface area (Å²) in [7, 11) is -9.85. The lowest BCUT2D eigenvalue weighted by Crippen LogP contribution is -2.31. The van der Waals surface area contributed by atoms with E-state index < -0.39 is 35.9 Å². The summed E-state index contributed by atoms with van der Waals surface area (Å²) in [5.74, 6) is 0. The van der Waals surface area contributed by atoms with Crippen LogP contribution in [-0.4, -0.2) is 73.9 Å². The number of H-pyrrole nitrogens is 1. The first-order valence-corrected chi connectivity index (χ1v) is 28.8. The van der Waals surface area contributed by atoms with E-state index in [-0.39, 0.29) is 21.4 Å². The first-order chi connectivity index (χ1) is 33.5. The van der Waals surface area contributed by atoms with E-state index in [4.69, 9.17) is 52.0 Å². The summed E-state index contributed by atoms with van der Waals surface area (Å²) < 4.78 is 78.6. The average molecular weight is 1060 g/mol. The van der Waals surface area contributed by atoms with Crippen molar-refractivity contribution in [2.45, 2.75) is 99.7 Å². The predicted molar refractivity (Wildman–Crippen MR) is 284 cm³/mol. The van der Waals surface area contributed by atoms with Gasteiger partial charge in [0.1, 0.15) is 19.7 Å². The molecule has 0 aliphatic heterocycles. The van der Waals surface area contributed by atoms with Crippen molar-refractivity contribution >= 4 is 97.5 Å². The third kappa shape index (κ3) is 11.9. The Kier molecular flexibility index (Phi) is 15.9. The monoisotopic (exact) mass is 1060 g/mol. The number of aromatic amines is 1. The molecule has 0 amide bonds. The number of nitrogen functional groups attached to an aromatic ring is 2. The number of nitrogens with two attached hydrogens (primary N) is 2. The Balaban J connectivity index is 0.000000161. The number of rotatable bonds is 8. The molecular formula is C51H54Cl2N8O7S3. The van der Waals surface area contributed by atoms with Crippen LogP contribution >= 0.6 is 23.2 Å². The Morgan fingerprint density at radius 3 is 1.68 bits per heavy atom. The fraction of sp³-hybridized carbons (Fsp3) is 0.333. The van der Waals surface area contributed by atoms with E-state index in [9.17, 15) is 25.3 Å². The molecule has 2 aliphatic carbocycles. The van der Waals surface area contributed by atoms with Crippen LogP contribution < -0.4 is 11.5 Å². The molecule has 0 radical (unpaired) electrons. The lowest BCUT2D eigenvalue weighted by Gasteiger charge is -2.29. The van der Waals surface area contributed by atoms with Crippen LogP contribution in [0.1, 0.15) is 74.1 Å². The van der Waals surface area contributed by atoms with Crippen molar-refractivity contribution in [2.75, 3.05) is 24.0 Å². The number of fused-ring (bicyclic) bond motifs is 2. The molecule has 0 atom stereocenters. The number of nitrogens with one attached hydrogen (secondary N) is 1. The van der Waals surface area contributed by atoms with E-state index in [0.29, 0.717) is 71.3 Å². The van der Waals surface area contributed by atoms with Gasteiger partial charge < -0.3 is 21.0 Å². The molecule has 7 aromatic rings. The molecule has 9 rings (SSSR count). The average Bonchev–Trinajstić information content (AvgIpc) is 3.90. The Labute approximate surface area is 425 Å². The van der Waals surface area contributed by atoms with Crippen molar-refractivity contribution in [3.05, 3.63) is 135 Å². The number of aromatic nitrogens is 4. The molecule has 0 unspecified atom stereocenters. The number of pyridine rings is 2. The van der Waals surface area contributed by atoms with Crippen molar-refractivity contribution in [2.24, 2.45) is 0 Å². The Hall–Kier alpha value is -5.99. The van der Waals surface area contributed by atoms with Crippen LogP contribution in [0.5, 0.6) is 0 Å². The zero-order chi connectivity index (χ0) is 51.6. The van der Waals surface area contributed by atoms with Crippen LogP contribution in [0.15, 0.2) is 90.6 Å². The molecule has 5 N–H and O–H groups in total. The van der Waals surface area contributed by atoms with Crippen molar-refractivity contribution in [1.82, 2.24) is 19.5 Å². The number of halogens is 2. The molecule has 3 aromatic carbocycles. The highest BCUT2D eigenvalue weighted by Gasteiger charge is 2.32. The minimum Gasteiger partial charge on any atom is -0.396 e. The van der Waals surface area contributed by atoms with Crippen molar-refractivity contribution < 1.29 is 29.4 Å². The van der Waals surface area contributed by atoms with Crippen LogP contribution in [0, 0.1) is 33.9 Å². The van der Waals surface area contributed by atoms with Gasteiger partial charge in [0, 0.05) is 76.6 Å². The van der Waals surface area contributed by atoms with Gasteiger partial charge in [-0.15, -0.1) is 0 Å². The number of benzene rings is 3. The summed E-state index contributed by atoms with van der Waals surface area (Å²) in [5, 5.41) is 2.14. The molecule has 2 aliphatic rings. The van der Waals surface area contributed by atoms with E-state index in [1.54, 1.807) is 24.5 Å². The van der Waals surface area contributed by atoms with Gasteiger partial charge >= 0.3 is 0 Å². The Morgan fingerprint density at radius 1 is 0.662 bits per heavy atom. The molecule has 372 valence electrons. The van der Waals surface area contributed by atoms with E-state index in [0.717, 1.165) is 73.6 Å². The lowest BCUT2D eigenvalue weighted by molar-refractivity contribution is 0.163. The van der Waals surface area contributed by atoms with Crippen molar-refractivity contribution in [1.29, 1.82) is 0 Å². The van der Waals surface area contributed by atoms with Gasteiger partial charge in [-0.05, 0) is 130 Å². The van der Waals surface area contributed by atoms with Crippen molar-refractivity contribution in [3.63, 3.8) is 0 Å². The third-order valence-electron chi connectivity index (χ3n) is 13.2. The SMILES string of the molecule is Cc1ccc(S(=O)(=O)OC2CCC(S(C)(=O)=O)CC2)cc1.[C-]#[N+]c1cc2c(-c3cncc(N)c3Cl)c[nH]c2cc1C.[C-]#[N+]c1cc2c(-c3cncc(N)c3Cl)cn(C3CCC(S(C)(=O)=O)CC3)c2cc1C. The molecular weight excluding hydrogens is 1000 g/mol. The summed E-state index contributed by atoms with van der Waals surface area (Å²) in [6.45, 7) is 20.4. The van der Waals surface area contributed by atoms with Crippen molar-refractivity contribution in [3.8, 4) is 22.3 Å². The zero-order valence-corrected chi connectivity index (χ0v) is 43.7. The number of aryl methyl sites for hydroxylation is 3. The maximum Gasteiger partial charge on any atom is 0.297 e. The maximum atomic E-state index is 12.1. The van der Waals surface area contributed by atoms with Crippen LogP contribution in [0.4, 0.5) is 22.7 Å². The third-order valence-corrected chi connectivity index (χ3v) is 18.8. The molecule has 2 fully saturated rings. The predicted octanol–water partition coefficient (Wildman–Crippen LogP) is 11.7. The van der Waals surface area contributed by atoms with Gasteiger partial charge in [0.05, 0.1) is 68.5 Å². The molecule has 20 heteroatoms. The molecule has 0 spiro atoms. The second-order valence-corrected chi connectivity index (χ2v) is 25.2. The standard InChI is InChI=1S/C22H23ClN4O2S.C15H11ClN4.C14H20O5S2/c1-13-8-21-16(9-20(13)25-2)18(17-10-26-11-19(24)22(17)23)12-27(21)14-4-6-15(7-5-14)30(3,28)29;1-8-3-14-9(4-13(8)18-2)10(6-20-14)11-5-19-7-12(17)15(11)16;1-11-3-7-14(8-4-11)21(17,18)19-12-5-9-13(10-6-12)20(2,15)16/h8-12,14-15H,4-7,24H2,1,3H3;3-7,20H,17H2,1H3;3-4,7-8,12-13H,5-6,9-10H2,1-2H3. The first kappa shape index (κ1) is 52.8. The van der Waals surface area contributed by atoms with E-state index >= 15 is 0 Å². The molecule has 15 nitrogen and oxygen atoms in total. The van der Waals surface area contributed by atoms with E-state index in [2.05, 4.69) is 29.2 Å². The molecule has 0 saturated heterocycles. The molecule has 71 heavy (non-hydrogen) atoms. The number of sulfone groups is 2. The fourth-order valence-electron chi connectivity index (χ4n) is 9.18. The summed E-state index contributed by atoms with van der Waals surface area (Å²) >= 11 is 12.7. The van der Waals surface area contributed by atoms with Gasteiger partial charge in [-0.2, -0.15) is 8.42 Å². The number of hydrogen-bond acceptors (Lipinski definition) is 11. The number of anilines is 2.